The number of ether oxygens (including phenoxy) is 1. The molecule has 3 rings (SSSR count). The third-order valence-electron chi connectivity index (χ3n) is 3.76. The van der Waals surface area contributed by atoms with Crippen LogP contribution in [0.5, 0.6) is 0 Å². The minimum Gasteiger partial charge on any atom is -0.446 e. The first-order valence-electron chi connectivity index (χ1n) is 7.65. The molecule has 0 radical (unpaired) electrons. The van der Waals surface area contributed by atoms with E-state index in [2.05, 4.69) is 5.10 Å². The smallest absolute Gasteiger partial charge is 0.416 e. The molecule has 0 saturated carbocycles. The first-order valence-corrected chi connectivity index (χ1v) is 7.65. The Labute approximate surface area is 147 Å². The highest BCUT2D eigenvalue weighted by atomic mass is 19.4. The molecular formula is C17H15F3N4O2. The third-order valence-corrected chi connectivity index (χ3v) is 3.76. The number of halogens is 3. The Balaban J connectivity index is 1.82. The van der Waals surface area contributed by atoms with Gasteiger partial charge in [-0.3, -0.25) is 10.2 Å². The largest absolute Gasteiger partial charge is 0.446 e. The van der Waals surface area contributed by atoms with Gasteiger partial charge in [-0.25, -0.2) is 10.9 Å². The molecule has 136 valence electrons. The molecule has 1 amide bonds. The number of nitrogens with one attached hydrogen (secondary N) is 1. The molecule has 1 aliphatic heterocycles. The van der Waals surface area contributed by atoms with Crippen molar-refractivity contribution < 1.29 is 22.7 Å². The molecule has 0 fully saturated rings. The fraction of sp³-hybridized carbons (Fsp3) is 0.176. The number of amides is 1. The second-order valence-corrected chi connectivity index (χ2v) is 5.53. The van der Waals surface area contributed by atoms with E-state index in [1.165, 1.54) is 17.1 Å². The molecule has 1 atom stereocenters. The highest BCUT2D eigenvalue weighted by Crippen LogP contribution is 2.30. The van der Waals surface area contributed by atoms with E-state index < -0.39 is 23.9 Å². The third kappa shape index (κ3) is 3.77. The second kappa shape index (κ2) is 7.04. The monoisotopic (exact) mass is 364 g/mol. The van der Waals surface area contributed by atoms with Crippen LogP contribution in [0, 0.1) is 0 Å². The van der Waals surface area contributed by atoms with E-state index in [1.54, 1.807) is 24.3 Å². The molecular weight excluding hydrogens is 349 g/mol. The molecule has 1 heterocycles. The lowest BCUT2D eigenvalue weighted by Gasteiger charge is -2.22. The molecule has 0 bridgehead atoms. The number of hydrazine groups is 1. The standard InChI is InChI=1S/C17H15F3N4O2/c18-17(19,20)12-8-6-11(7-9-12)10-14-24(13-4-2-1-3-5-13)23-16(26-14)15(25)22-21/h1-9,14H,10,21H2,(H,22,25). The summed E-state index contributed by atoms with van der Waals surface area (Å²) in [5, 5.41) is 5.61. The normalized spacial score (nSPS) is 16.8. The Kier molecular flexibility index (Phi) is 4.81. The average Bonchev–Trinajstić information content (AvgIpc) is 3.05. The summed E-state index contributed by atoms with van der Waals surface area (Å²) in [5.41, 5.74) is 2.49. The van der Waals surface area contributed by atoms with Crippen LogP contribution in [0.2, 0.25) is 0 Å². The molecule has 0 aromatic heterocycles. The number of carbonyl (C=O) groups is 1. The fourth-order valence-corrected chi connectivity index (χ4v) is 2.49. The number of nitrogens with two attached hydrogens (primary N) is 1. The summed E-state index contributed by atoms with van der Waals surface area (Å²) in [6, 6.07) is 13.7. The maximum absolute atomic E-state index is 12.7. The van der Waals surface area contributed by atoms with Crippen LogP contribution in [-0.4, -0.2) is 18.0 Å². The number of carbonyl (C=O) groups excluding carboxylic acids is 1. The fourth-order valence-electron chi connectivity index (χ4n) is 2.49. The Hall–Kier alpha value is -3.07. The van der Waals surface area contributed by atoms with Crippen molar-refractivity contribution in [2.75, 3.05) is 5.01 Å². The predicted molar refractivity (Wildman–Crippen MR) is 88.7 cm³/mol. The molecule has 1 aliphatic rings. The van der Waals surface area contributed by atoms with Crippen LogP contribution in [0.15, 0.2) is 59.7 Å². The first kappa shape index (κ1) is 17.7. The van der Waals surface area contributed by atoms with Gasteiger partial charge in [0.05, 0.1) is 11.3 Å². The van der Waals surface area contributed by atoms with E-state index in [-0.39, 0.29) is 12.3 Å². The molecule has 0 spiro atoms. The molecule has 9 heteroatoms. The van der Waals surface area contributed by atoms with Crippen molar-refractivity contribution in [3.8, 4) is 0 Å². The molecule has 1 unspecified atom stereocenters. The van der Waals surface area contributed by atoms with Crippen LogP contribution in [-0.2, 0) is 22.1 Å². The maximum Gasteiger partial charge on any atom is 0.416 e. The Bertz CT molecular complexity index is 807. The van der Waals surface area contributed by atoms with Crippen molar-refractivity contribution >= 4 is 17.5 Å². The van der Waals surface area contributed by atoms with Gasteiger partial charge in [0.25, 0.3) is 0 Å². The lowest BCUT2D eigenvalue weighted by molar-refractivity contribution is -0.137. The number of hydrogen-bond acceptors (Lipinski definition) is 5. The van der Waals surface area contributed by atoms with Crippen LogP contribution < -0.4 is 16.3 Å². The van der Waals surface area contributed by atoms with Crippen molar-refractivity contribution in [2.45, 2.75) is 18.8 Å². The van der Waals surface area contributed by atoms with E-state index in [9.17, 15) is 18.0 Å². The highest BCUT2D eigenvalue weighted by Gasteiger charge is 2.33. The number of alkyl halides is 3. The van der Waals surface area contributed by atoms with Gasteiger partial charge < -0.3 is 4.74 Å². The van der Waals surface area contributed by atoms with E-state index in [4.69, 9.17) is 10.6 Å². The van der Waals surface area contributed by atoms with Gasteiger partial charge in [-0.2, -0.15) is 13.2 Å². The number of hydrazone groups is 1. The Morgan fingerprint density at radius 3 is 2.38 bits per heavy atom. The summed E-state index contributed by atoms with van der Waals surface area (Å²) >= 11 is 0. The van der Waals surface area contributed by atoms with Gasteiger partial charge >= 0.3 is 18.0 Å². The summed E-state index contributed by atoms with van der Waals surface area (Å²) in [6.07, 6.45) is -4.87. The molecule has 26 heavy (non-hydrogen) atoms. The molecule has 2 aromatic rings. The van der Waals surface area contributed by atoms with Gasteiger partial charge in [-0.1, -0.05) is 30.3 Å². The highest BCUT2D eigenvalue weighted by molar-refractivity contribution is 6.35. The topological polar surface area (TPSA) is 79.9 Å². The molecule has 0 saturated heterocycles. The van der Waals surface area contributed by atoms with Gasteiger partial charge in [0, 0.05) is 6.42 Å². The lowest BCUT2D eigenvalue weighted by atomic mass is 10.1. The predicted octanol–water partition coefficient (Wildman–Crippen LogP) is 2.41. The maximum atomic E-state index is 12.7. The number of rotatable bonds is 4. The lowest BCUT2D eigenvalue weighted by Crippen LogP contribution is -2.37. The summed E-state index contributed by atoms with van der Waals surface area (Å²) < 4.78 is 43.6. The summed E-state index contributed by atoms with van der Waals surface area (Å²) in [5.74, 6) is 4.20. The molecule has 3 N–H and O–H groups in total. The van der Waals surface area contributed by atoms with Crippen LogP contribution in [0.25, 0.3) is 0 Å². The Morgan fingerprint density at radius 2 is 1.81 bits per heavy atom. The van der Waals surface area contributed by atoms with Gasteiger partial charge in [-0.15, -0.1) is 5.10 Å². The second-order valence-electron chi connectivity index (χ2n) is 5.53. The summed E-state index contributed by atoms with van der Waals surface area (Å²) in [4.78, 5) is 11.7. The minimum absolute atomic E-state index is 0.215. The SMILES string of the molecule is NNC(=O)C1=NN(c2ccccc2)C(Cc2ccc(C(F)(F)F)cc2)O1. The number of nitrogens with zero attached hydrogens (tertiary/aromatic N) is 2. The summed E-state index contributed by atoms with van der Waals surface area (Å²) in [6.45, 7) is 0. The number of benzene rings is 2. The minimum atomic E-state index is -4.39. The molecule has 6 nitrogen and oxygen atoms in total. The Morgan fingerprint density at radius 1 is 1.15 bits per heavy atom. The van der Waals surface area contributed by atoms with Gasteiger partial charge in [0.2, 0.25) is 0 Å². The van der Waals surface area contributed by atoms with E-state index >= 15 is 0 Å². The van der Waals surface area contributed by atoms with Crippen LogP contribution in [0.4, 0.5) is 18.9 Å². The van der Waals surface area contributed by atoms with Gasteiger partial charge in [0.15, 0.2) is 6.23 Å². The van der Waals surface area contributed by atoms with Crippen molar-refractivity contribution in [3.05, 3.63) is 65.7 Å². The number of anilines is 1. The van der Waals surface area contributed by atoms with Crippen molar-refractivity contribution in [3.63, 3.8) is 0 Å². The summed E-state index contributed by atoms with van der Waals surface area (Å²) in [7, 11) is 0. The zero-order valence-corrected chi connectivity index (χ0v) is 13.4. The number of hydrogen-bond donors (Lipinski definition) is 2. The van der Waals surface area contributed by atoms with E-state index in [0.29, 0.717) is 11.3 Å². The van der Waals surface area contributed by atoms with E-state index in [0.717, 1.165) is 12.1 Å². The van der Waals surface area contributed by atoms with Crippen LogP contribution in [0.3, 0.4) is 0 Å². The molecule has 2 aromatic carbocycles. The van der Waals surface area contributed by atoms with Crippen LogP contribution >= 0.6 is 0 Å². The van der Waals surface area contributed by atoms with E-state index in [1.807, 2.05) is 11.5 Å². The zero-order valence-electron chi connectivity index (χ0n) is 13.4. The zero-order chi connectivity index (χ0) is 18.7. The van der Waals surface area contributed by atoms with Crippen LogP contribution in [0.1, 0.15) is 11.1 Å². The molecule has 0 aliphatic carbocycles. The van der Waals surface area contributed by atoms with Gasteiger partial charge in [0.1, 0.15) is 0 Å². The first-order chi connectivity index (χ1) is 12.4. The van der Waals surface area contributed by atoms with Crippen molar-refractivity contribution in [1.82, 2.24) is 5.43 Å². The van der Waals surface area contributed by atoms with Crippen molar-refractivity contribution in [2.24, 2.45) is 10.9 Å². The quantitative estimate of drug-likeness (QED) is 0.496. The average molecular weight is 364 g/mol. The van der Waals surface area contributed by atoms with Crippen molar-refractivity contribution in [1.29, 1.82) is 0 Å². The van der Waals surface area contributed by atoms with Gasteiger partial charge in [-0.05, 0) is 29.8 Å². The number of para-hydroxylation sites is 1.